The highest BCUT2D eigenvalue weighted by atomic mass is 15.1. The van der Waals surface area contributed by atoms with Gasteiger partial charge in [0.05, 0.1) is 12.6 Å². The Morgan fingerprint density at radius 2 is 2.38 bits per heavy atom. The van der Waals surface area contributed by atoms with Crippen LogP contribution in [-0.4, -0.2) is 18.5 Å². The maximum absolute atomic E-state index is 8.15. The number of rotatable bonds is 3. The molecule has 8 heavy (non-hydrogen) atoms. The number of nitriles is 1. The minimum Gasteiger partial charge on any atom is -0.289 e. The van der Waals surface area contributed by atoms with Crippen molar-refractivity contribution in [2.24, 2.45) is 0 Å². The van der Waals surface area contributed by atoms with Crippen LogP contribution in [0, 0.1) is 17.9 Å². The lowest BCUT2D eigenvalue weighted by molar-refractivity contribution is 0.444. The molecule has 0 aliphatic rings. The molecule has 0 amide bonds. The predicted octanol–water partition coefficient (Wildman–Crippen LogP) is 1.01. The average Bonchev–Trinajstić information content (AvgIpc) is 1.68. The number of hydrogen-bond acceptors (Lipinski definition) is 2. The standard InChI is InChI=1S/C6H11N2/c1-3-5-8(2)6-4-7/h5H,3,6H2,1-2H3. The van der Waals surface area contributed by atoms with Gasteiger partial charge in [-0.1, -0.05) is 6.92 Å². The first-order valence-electron chi connectivity index (χ1n) is 2.71. The topological polar surface area (TPSA) is 27.0 Å². The lowest BCUT2D eigenvalue weighted by Gasteiger charge is -2.07. The molecule has 0 atom stereocenters. The third-order valence-electron chi connectivity index (χ3n) is 0.814. The molecule has 45 valence electrons. The first-order chi connectivity index (χ1) is 3.81. The highest BCUT2D eigenvalue weighted by Gasteiger charge is 1.91. The summed E-state index contributed by atoms with van der Waals surface area (Å²) in [6.45, 7) is 4.53. The van der Waals surface area contributed by atoms with Gasteiger partial charge in [0.2, 0.25) is 0 Å². The zero-order valence-corrected chi connectivity index (χ0v) is 5.39. The summed E-state index contributed by atoms with van der Waals surface area (Å²) in [7, 11) is 1.90. The van der Waals surface area contributed by atoms with Crippen molar-refractivity contribution in [1.29, 1.82) is 5.26 Å². The molecule has 0 bridgehead atoms. The normalized spacial score (nSPS) is 9.25. The molecule has 0 saturated heterocycles. The molecule has 0 aromatic carbocycles. The molecular weight excluding hydrogens is 100 g/mol. The fraction of sp³-hybridized carbons (Fsp3) is 0.667. The third-order valence-corrected chi connectivity index (χ3v) is 0.814. The van der Waals surface area contributed by atoms with Gasteiger partial charge in [-0.3, -0.25) is 4.90 Å². The van der Waals surface area contributed by atoms with Crippen molar-refractivity contribution in [2.75, 3.05) is 13.6 Å². The molecule has 1 radical (unpaired) electrons. The molecule has 0 N–H and O–H groups in total. The van der Waals surface area contributed by atoms with E-state index in [0.717, 1.165) is 6.42 Å². The van der Waals surface area contributed by atoms with Crippen LogP contribution in [0.15, 0.2) is 0 Å². The van der Waals surface area contributed by atoms with Crippen LogP contribution in [-0.2, 0) is 0 Å². The van der Waals surface area contributed by atoms with Gasteiger partial charge in [-0.25, -0.2) is 0 Å². The molecule has 2 nitrogen and oxygen atoms in total. The molecule has 0 heterocycles. The highest BCUT2D eigenvalue weighted by molar-refractivity contribution is 4.77. The van der Waals surface area contributed by atoms with Crippen LogP contribution in [0.2, 0.25) is 0 Å². The average molecular weight is 111 g/mol. The van der Waals surface area contributed by atoms with E-state index in [9.17, 15) is 0 Å². The minimum atomic E-state index is 0.494. The second-order valence-corrected chi connectivity index (χ2v) is 1.66. The van der Waals surface area contributed by atoms with Crippen molar-refractivity contribution in [3.05, 3.63) is 6.54 Å². The quantitative estimate of drug-likeness (QED) is 0.508. The summed E-state index contributed by atoms with van der Waals surface area (Å²) in [6, 6.07) is 2.05. The third kappa shape index (κ3) is 3.63. The van der Waals surface area contributed by atoms with Gasteiger partial charge in [-0.15, -0.1) is 0 Å². The minimum absolute atomic E-state index is 0.494. The monoisotopic (exact) mass is 111 g/mol. The summed E-state index contributed by atoms with van der Waals surface area (Å²) in [6.07, 6.45) is 0.998. The van der Waals surface area contributed by atoms with E-state index in [4.69, 9.17) is 5.26 Å². The summed E-state index contributed by atoms with van der Waals surface area (Å²) in [4.78, 5) is 1.88. The van der Waals surface area contributed by atoms with E-state index in [-0.39, 0.29) is 0 Å². The van der Waals surface area contributed by atoms with Crippen LogP contribution in [0.3, 0.4) is 0 Å². The van der Waals surface area contributed by atoms with Crippen molar-refractivity contribution in [1.82, 2.24) is 4.90 Å². The van der Waals surface area contributed by atoms with Crippen LogP contribution in [0.5, 0.6) is 0 Å². The Balaban J connectivity index is 3.08. The van der Waals surface area contributed by atoms with E-state index >= 15 is 0 Å². The molecule has 0 unspecified atom stereocenters. The predicted molar refractivity (Wildman–Crippen MR) is 32.8 cm³/mol. The van der Waals surface area contributed by atoms with Crippen molar-refractivity contribution in [3.8, 4) is 6.07 Å². The van der Waals surface area contributed by atoms with Gasteiger partial charge in [0, 0.05) is 6.54 Å². The molecule has 0 aliphatic carbocycles. The summed E-state index contributed by atoms with van der Waals surface area (Å²) >= 11 is 0. The number of hydrogen-bond donors (Lipinski definition) is 0. The summed E-state index contributed by atoms with van der Waals surface area (Å²) in [5.41, 5.74) is 0. The Morgan fingerprint density at radius 3 is 2.75 bits per heavy atom. The van der Waals surface area contributed by atoms with Crippen molar-refractivity contribution >= 4 is 0 Å². The first-order valence-corrected chi connectivity index (χ1v) is 2.71. The first kappa shape index (κ1) is 7.45. The van der Waals surface area contributed by atoms with E-state index < -0.39 is 0 Å². The lowest BCUT2D eigenvalue weighted by Crippen LogP contribution is -2.13. The summed E-state index contributed by atoms with van der Waals surface area (Å²) in [5.74, 6) is 0. The molecule has 0 aromatic rings. The SMILES string of the molecule is CC[CH]N(C)CC#N. The largest absolute Gasteiger partial charge is 0.289 e. The molecule has 0 spiro atoms. The van der Waals surface area contributed by atoms with Gasteiger partial charge in [0.15, 0.2) is 0 Å². The van der Waals surface area contributed by atoms with Crippen LogP contribution in [0.25, 0.3) is 0 Å². The fourth-order valence-corrected chi connectivity index (χ4v) is 0.488. The van der Waals surface area contributed by atoms with Crippen molar-refractivity contribution < 1.29 is 0 Å². The summed E-state index contributed by atoms with van der Waals surface area (Å²) in [5, 5.41) is 8.15. The van der Waals surface area contributed by atoms with Crippen LogP contribution in [0.4, 0.5) is 0 Å². The van der Waals surface area contributed by atoms with Crippen molar-refractivity contribution in [2.45, 2.75) is 13.3 Å². The second kappa shape index (κ2) is 4.61. The molecule has 2 heteroatoms. The van der Waals surface area contributed by atoms with Crippen molar-refractivity contribution in [3.63, 3.8) is 0 Å². The van der Waals surface area contributed by atoms with Gasteiger partial charge in [-0.2, -0.15) is 5.26 Å². The smallest absolute Gasteiger partial charge is 0.0866 e. The number of nitrogens with zero attached hydrogens (tertiary/aromatic N) is 2. The van der Waals surface area contributed by atoms with E-state index in [0.29, 0.717) is 6.54 Å². The zero-order chi connectivity index (χ0) is 6.41. The molecule has 0 rings (SSSR count). The Hall–Kier alpha value is -0.550. The molecule has 0 fully saturated rings. The Bertz CT molecular complexity index is 83.0. The Morgan fingerprint density at radius 1 is 1.75 bits per heavy atom. The maximum Gasteiger partial charge on any atom is 0.0866 e. The fourth-order valence-electron chi connectivity index (χ4n) is 0.488. The molecule has 0 aliphatic heterocycles. The Kier molecular flexibility index (Phi) is 4.29. The second-order valence-electron chi connectivity index (χ2n) is 1.66. The van der Waals surface area contributed by atoms with Gasteiger partial charge < -0.3 is 0 Å². The zero-order valence-electron chi connectivity index (χ0n) is 5.39. The van der Waals surface area contributed by atoms with Crippen LogP contribution < -0.4 is 0 Å². The van der Waals surface area contributed by atoms with Crippen LogP contribution >= 0.6 is 0 Å². The van der Waals surface area contributed by atoms with Gasteiger partial charge in [0.25, 0.3) is 0 Å². The molecule has 0 saturated carbocycles. The molecular formula is C6H11N2. The van der Waals surface area contributed by atoms with Gasteiger partial charge in [-0.05, 0) is 13.5 Å². The van der Waals surface area contributed by atoms with Crippen LogP contribution in [0.1, 0.15) is 13.3 Å². The highest BCUT2D eigenvalue weighted by Crippen LogP contribution is 1.89. The van der Waals surface area contributed by atoms with E-state index in [1.807, 2.05) is 31.5 Å². The van der Waals surface area contributed by atoms with E-state index in [2.05, 4.69) is 0 Å². The van der Waals surface area contributed by atoms with E-state index in [1.54, 1.807) is 0 Å². The lowest BCUT2D eigenvalue weighted by atomic mass is 10.4. The summed E-state index contributed by atoms with van der Waals surface area (Å²) < 4.78 is 0. The molecule has 0 aromatic heterocycles. The van der Waals surface area contributed by atoms with Gasteiger partial charge in [0.1, 0.15) is 0 Å². The van der Waals surface area contributed by atoms with Gasteiger partial charge >= 0.3 is 0 Å². The maximum atomic E-state index is 8.15. The van der Waals surface area contributed by atoms with E-state index in [1.165, 1.54) is 0 Å². The Labute approximate surface area is 50.7 Å².